The van der Waals surface area contributed by atoms with Gasteiger partial charge in [0, 0.05) is 27.4 Å². The van der Waals surface area contributed by atoms with Crippen molar-refractivity contribution < 1.29 is 14.3 Å². The third kappa shape index (κ3) is 5.18. The Morgan fingerprint density at radius 3 is 2.45 bits per heavy atom. The number of methoxy groups -OCH3 is 1. The molecule has 2 saturated heterocycles. The highest BCUT2D eigenvalue weighted by Gasteiger charge is 2.34. The van der Waals surface area contributed by atoms with E-state index >= 15 is 0 Å². The number of likely N-dealkylation sites (tertiary alicyclic amines) is 1. The van der Waals surface area contributed by atoms with Crippen LogP contribution < -0.4 is 9.64 Å². The molecule has 0 aliphatic carbocycles. The van der Waals surface area contributed by atoms with Crippen LogP contribution in [-0.2, 0) is 4.74 Å². The second-order valence-electron chi connectivity index (χ2n) is 7.39. The highest BCUT2D eigenvalue weighted by atomic mass is 35.5. The van der Waals surface area contributed by atoms with Gasteiger partial charge in [-0.3, -0.25) is 9.80 Å². The zero-order valence-corrected chi connectivity index (χ0v) is 18.0. The van der Waals surface area contributed by atoms with Crippen molar-refractivity contribution in [2.24, 2.45) is 0 Å². The van der Waals surface area contributed by atoms with Crippen LogP contribution in [0.25, 0.3) is 0 Å². The van der Waals surface area contributed by atoms with Crippen molar-refractivity contribution in [2.75, 3.05) is 38.2 Å². The molecule has 0 radical (unpaired) electrons. The van der Waals surface area contributed by atoms with E-state index in [2.05, 4.69) is 17.0 Å². The van der Waals surface area contributed by atoms with E-state index in [0.717, 1.165) is 48.9 Å². The summed E-state index contributed by atoms with van der Waals surface area (Å²) in [4.78, 5) is 17.7. The summed E-state index contributed by atoms with van der Waals surface area (Å²) in [7, 11) is 1.63. The lowest BCUT2D eigenvalue weighted by Gasteiger charge is -2.32. The van der Waals surface area contributed by atoms with Gasteiger partial charge in [0.25, 0.3) is 0 Å². The van der Waals surface area contributed by atoms with Gasteiger partial charge < -0.3 is 9.47 Å². The summed E-state index contributed by atoms with van der Waals surface area (Å²) in [5.41, 5.74) is 0.844. The first-order chi connectivity index (χ1) is 14.1. The summed E-state index contributed by atoms with van der Waals surface area (Å²) < 4.78 is 10.8. The number of carbonyl (C=O) groups is 1. The molecule has 29 heavy (non-hydrogen) atoms. The fraction of sp³-hybridized carbons (Fsp3) is 0.409. The van der Waals surface area contributed by atoms with Crippen molar-refractivity contribution in [2.45, 2.75) is 29.1 Å². The minimum Gasteiger partial charge on any atom is -0.497 e. The van der Waals surface area contributed by atoms with E-state index in [4.69, 9.17) is 21.1 Å². The van der Waals surface area contributed by atoms with Crippen LogP contribution in [0.5, 0.6) is 5.75 Å². The van der Waals surface area contributed by atoms with E-state index in [-0.39, 0.29) is 12.2 Å². The predicted octanol–water partition coefficient (Wildman–Crippen LogP) is 4.93. The molecule has 0 aromatic heterocycles. The highest BCUT2D eigenvalue weighted by molar-refractivity contribution is 8.00. The molecule has 2 aromatic rings. The molecule has 2 aliphatic heterocycles. The summed E-state index contributed by atoms with van der Waals surface area (Å²) in [5, 5.41) is 1.40. The van der Waals surface area contributed by atoms with E-state index in [1.54, 1.807) is 12.0 Å². The number of cyclic esters (lactones) is 1. The van der Waals surface area contributed by atoms with Crippen molar-refractivity contribution in [3.63, 3.8) is 0 Å². The maximum absolute atomic E-state index is 12.3. The Morgan fingerprint density at radius 2 is 1.79 bits per heavy atom. The van der Waals surface area contributed by atoms with Gasteiger partial charge in [0.15, 0.2) is 0 Å². The fourth-order valence-corrected chi connectivity index (χ4v) is 5.04. The van der Waals surface area contributed by atoms with Crippen molar-refractivity contribution in [3.05, 3.63) is 53.6 Å². The van der Waals surface area contributed by atoms with E-state index in [0.29, 0.717) is 11.8 Å². The minimum absolute atomic E-state index is 0.0925. The molecule has 0 unspecified atom stereocenters. The fourth-order valence-electron chi connectivity index (χ4n) is 3.79. The number of piperidine rings is 1. The van der Waals surface area contributed by atoms with E-state index in [1.807, 2.05) is 48.2 Å². The zero-order chi connectivity index (χ0) is 20.2. The largest absolute Gasteiger partial charge is 0.497 e. The molecule has 2 heterocycles. The Bertz CT molecular complexity index is 823. The van der Waals surface area contributed by atoms with Crippen LogP contribution in [0, 0.1) is 0 Å². The molecule has 0 N–H and O–H groups in total. The number of halogens is 1. The Hall–Kier alpha value is -1.89. The summed E-state index contributed by atoms with van der Waals surface area (Å²) in [6.07, 6.45) is 1.91. The summed E-state index contributed by atoms with van der Waals surface area (Å²) in [6, 6.07) is 15.6. The van der Waals surface area contributed by atoms with Gasteiger partial charge in [-0.2, -0.15) is 0 Å². The number of anilines is 1. The van der Waals surface area contributed by atoms with Crippen molar-refractivity contribution in [1.82, 2.24) is 4.90 Å². The molecule has 1 amide bonds. The topological polar surface area (TPSA) is 42.0 Å². The van der Waals surface area contributed by atoms with Gasteiger partial charge in [-0.15, -0.1) is 11.8 Å². The van der Waals surface area contributed by atoms with Gasteiger partial charge in [0.05, 0.1) is 13.7 Å². The number of hydrogen-bond acceptors (Lipinski definition) is 5. The third-order valence-corrected chi connectivity index (χ3v) is 6.97. The third-order valence-electron chi connectivity index (χ3n) is 5.37. The van der Waals surface area contributed by atoms with Crippen LogP contribution in [-0.4, -0.2) is 55.6 Å². The number of rotatable bonds is 6. The molecule has 0 saturated carbocycles. The minimum atomic E-state index is -0.270. The first kappa shape index (κ1) is 20.4. The monoisotopic (exact) mass is 432 g/mol. The molecule has 0 spiro atoms. The van der Waals surface area contributed by atoms with Gasteiger partial charge in [-0.25, -0.2) is 4.79 Å². The van der Waals surface area contributed by atoms with Gasteiger partial charge in [-0.05, 0) is 74.5 Å². The number of thioether (sulfide) groups is 1. The summed E-state index contributed by atoms with van der Waals surface area (Å²) in [5.74, 6) is 0.775. The number of hydrogen-bond donors (Lipinski definition) is 0. The summed E-state index contributed by atoms with van der Waals surface area (Å²) in [6.45, 7) is 3.44. The summed E-state index contributed by atoms with van der Waals surface area (Å²) >= 11 is 7.90. The lowest BCUT2D eigenvalue weighted by Crippen LogP contribution is -2.40. The van der Waals surface area contributed by atoms with Crippen LogP contribution in [0.1, 0.15) is 12.8 Å². The molecule has 7 heteroatoms. The highest BCUT2D eigenvalue weighted by Crippen LogP contribution is 2.31. The Morgan fingerprint density at radius 1 is 1.10 bits per heavy atom. The number of nitrogens with zero attached hydrogens (tertiary/aromatic N) is 2. The molecule has 4 rings (SSSR count). The maximum atomic E-state index is 12.3. The zero-order valence-electron chi connectivity index (χ0n) is 16.4. The Labute approximate surface area is 180 Å². The molecule has 1 atom stereocenters. The average Bonchev–Trinajstić information content (AvgIpc) is 3.11. The molecule has 2 aliphatic rings. The average molecular weight is 433 g/mol. The number of ether oxygens (including phenoxy) is 2. The second kappa shape index (κ2) is 9.28. The normalized spacial score (nSPS) is 20.7. The predicted molar refractivity (Wildman–Crippen MR) is 117 cm³/mol. The standard InChI is InChI=1S/C22H25ClN2O3S/c1-27-18-6-4-17(5-7-18)25-15-19(28-22(25)26)14-24-12-10-21(11-13-24)29-20-8-2-16(23)3-9-20/h2-9,19,21H,10-15H2,1H3/t19-/m0/s1. The van der Waals surface area contributed by atoms with Crippen molar-refractivity contribution >= 4 is 35.1 Å². The SMILES string of the molecule is COc1ccc(N2C[C@H](CN3CCC(Sc4ccc(Cl)cc4)CC3)OC2=O)cc1. The van der Waals surface area contributed by atoms with Crippen LogP contribution in [0.4, 0.5) is 10.5 Å². The number of amides is 1. The smallest absolute Gasteiger partial charge is 0.414 e. The number of carbonyl (C=O) groups excluding carboxylic acids is 1. The second-order valence-corrected chi connectivity index (χ2v) is 9.20. The van der Waals surface area contributed by atoms with E-state index in [9.17, 15) is 4.79 Å². The van der Waals surface area contributed by atoms with Crippen LogP contribution >= 0.6 is 23.4 Å². The lowest BCUT2D eigenvalue weighted by molar-refractivity contribution is 0.101. The van der Waals surface area contributed by atoms with E-state index in [1.165, 1.54) is 4.90 Å². The van der Waals surface area contributed by atoms with Gasteiger partial charge in [0.2, 0.25) is 0 Å². The molecule has 5 nitrogen and oxygen atoms in total. The van der Waals surface area contributed by atoms with E-state index < -0.39 is 0 Å². The van der Waals surface area contributed by atoms with Crippen LogP contribution in [0.3, 0.4) is 0 Å². The van der Waals surface area contributed by atoms with Gasteiger partial charge in [0.1, 0.15) is 11.9 Å². The van der Waals surface area contributed by atoms with Gasteiger partial charge in [-0.1, -0.05) is 11.6 Å². The van der Waals surface area contributed by atoms with Crippen molar-refractivity contribution in [1.29, 1.82) is 0 Å². The quantitative estimate of drug-likeness (QED) is 0.647. The molecule has 154 valence electrons. The van der Waals surface area contributed by atoms with Crippen LogP contribution in [0.15, 0.2) is 53.4 Å². The van der Waals surface area contributed by atoms with Crippen LogP contribution in [0.2, 0.25) is 5.02 Å². The van der Waals surface area contributed by atoms with Gasteiger partial charge >= 0.3 is 6.09 Å². The molecule has 2 fully saturated rings. The van der Waals surface area contributed by atoms with Crippen molar-refractivity contribution in [3.8, 4) is 5.75 Å². The number of benzene rings is 2. The first-order valence-corrected chi connectivity index (χ1v) is 11.1. The molecule has 0 bridgehead atoms. The maximum Gasteiger partial charge on any atom is 0.414 e. The first-order valence-electron chi connectivity index (χ1n) is 9.87. The Kier molecular flexibility index (Phi) is 6.53. The molecular formula is C22H25ClN2O3S. The molecular weight excluding hydrogens is 408 g/mol. The Balaban J connectivity index is 1.25. The lowest BCUT2D eigenvalue weighted by atomic mass is 10.1. The molecule has 2 aromatic carbocycles.